The van der Waals surface area contributed by atoms with Crippen LogP contribution in [0.5, 0.6) is 11.5 Å². The minimum absolute atomic E-state index is 0.189. The summed E-state index contributed by atoms with van der Waals surface area (Å²) in [6.07, 6.45) is 0. The summed E-state index contributed by atoms with van der Waals surface area (Å²) in [5.41, 5.74) is 6.89. The van der Waals surface area contributed by atoms with Crippen LogP contribution in [0.15, 0.2) is 77.7 Å². The second-order valence-corrected chi connectivity index (χ2v) is 9.74. The molecule has 9 nitrogen and oxygen atoms in total. The van der Waals surface area contributed by atoms with Crippen LogP contribution in [-0.4, -0.2) is 40.5 Å². The molecule has 2 amide bonds. The maximum atomic E-state index is 12.8. The van der Waals surface area contributed by atoms with Gasteiger partial charge in [-0.1, -0.05) is 29.8 Å². The quantitative estimate of drug-likeness (QED) is 0.440. The number of nitrogens with zero attached hydrogens (tertiary/aromatic N) is 1. The van der Waals surface area contributed by atoms with Gasteiger partial charge in [0.1, 0.15) is 11.5 Å². The first kappa shape index (κ1) is 25.6. The van der Waals surface area contributed by atoms with E-state index < -0.39 is 21.8 Å². The fourth-order valence-electron chi connectivity index (χ4n) is 2.97. The van der Waals surface area contributed by atoms with Gasteiger partial charge in [-0.05, 0) is 67.9 Å². The van der Waals surface area contributed by atoms with Crippen molar-refractivity contribution < 1.29 is 27.5 Å². The van der Waals surface area contributed by atoms with Crippen LogP contribution < -0.4 is 24.6 Å². The zero-order chi connectivity index (χ0) is 25.4. The highest BCUT2D eigenvalue weighted by atomic mass is 32.2. The van der Waals surface area contributed by atoms with Gasteiger partial charge in [-0.2, -0.15) is 0 Å². The van der Waals surface area contributed by atoms with Crippen LogP contribution in [0.1, 0.15) is 11.1 Å². The number of benzene rings is 3. The average Bonchev–Trinajstić information content (AvgIpc) is 2.85. The molecule has 2 N–H and O–H groups in total. The van der Waals surface area contributed by atoms with Crippen molar-refractivity contribution in [3.63, 3.8) is 0 Å². The van der Waals surface area contributed by atoms with Crippen molar-refractivity contribution in [1.29, 1.82) is 0 Å². The van der Waals surface area contributed by atoms with Crippen molar-refractivity contribution in [2.24, 2.45) is 0 Å². The highest BCUT2D eigenvalue weighted by molar-refractivity contribution is 7.92. The third-order valence-electron chi connectivity index (χ3n) is 4.95. The summed E-state index contributed by atoms with van der Waals surface area (Å²) in [5, 5.41) is 0. The Balaban J connectivity index is 1.45. The lowest BCUT2D eigenvalue weighted by atomic mass is 10.2. The van der Waals surface area contributed by atoms with Crippen LogP contribution in [0.4, 0.5) is 5.69 Å². The second kappa shape index (κ2) is 11.4. The molecule has 0 saturated heterocycles. The van der Waals surface area contributed by atoms with Gasteiger partial charge in [0.15, 0.2) is 13.2 Å². The molecule has 0 bridgehead atoms. The van der Waals surface area contributed by atoms with Gasteiger partial charge < -0.3 is 9.47 Å². The Kier molecular flexibility index (Phi) is 8.32. The molecule has 0 aliphatic heterocycles. The number of nitrogens with one attached hydrogen (secondary N) is 2. The van der Waals surface area contributed by atoms with Crippen molar-refractivity contribution in [1.82, 2.24) is 10.9 Å². The summed E-state index contributed by atoms with van der Waals surface area (Å²) in [7, 11) is -2.25. The topological polar surface area (TPSA) is 114 Å². The number of sulfonamides is 1. The summed E-state index contributed by atoms with van der Waals surface area (Å²) in [6.45, 7) is 3.18. The first-order valence-corrected chi connectivity index (χ1v) is 12.1. The molecule has 0 radical (unpaired) electrons. The Morgan fingerprint density at radius 2 is 1.34 bits per heavy atom. The van der Waals surface area contributed by atoms with Crippen LogP contribution in [0.25, 0.3) is 0 Å². The number of aryl methyl sites for hydroxylation is 2. The van der Waals surface area contributed by atoms with Gasteiger partial charge in [0.05, 0.1) is 10.6 Å². The summed E-state index contributed by atoms with van der Waals surface area (Å²) in [6, 6.07) is 20.1. The number of rotatable bonds is 9. The van der Waals surface area contributed by atoms with Crippen LogP contribution in [-0.2, 0) is 19.6 Å². The molecule has 0 atom stereocenters. The zero-order valence-electron chi connectivity index (χ0n) is 19.6. The van der Waals surface area contributed by atoms with Gasteiger partial charge in [0.25, 0.3) is 21.8 Å². The molecule has 3 rings (SSSR count). The Labute approximate surface area is 204 Å². The lowest BCUT2D eigenvalue weighted by molar-refractivity contribution is -0.131. The van der Waals surface area contributed by atoms with E-state index in [-0.39, 0.29) is 18.1 Å². The number of hydrogen-bond donors (Lipinski definition) is 2. The molecule has 0 aliphatic rings. The van der Waals surface area contributed by atoms with E-state index in [9.17, 15) is 18.0 Å². The van der Waals surface area contributed by atoms with E-state index in [0.29, 0.717) is 17.2 Å². The Bertz CT molecular complexity index is 1280. The van der Waals surface area contributed by atoms with E-state index in [4.69, 9.17) is 9.47 Å². The molecule has 0 aliphatic carbocycles. The second-order valence-electron chi connectivity index (χ2n) is 7.77. The fraction of sp³-hybridized carbons (Fsp3) is 0.200. The summed E-state index contributed by atoms with van der Waals surface area (Å²) in [4.78, 5) is 24.0. The molecule has 0 unspecified atom stereocenters. The smallest absolute Gasteiger partial charge is 0.276 e. The third kappa shape index (κ3) is 7.21. The molecule has 0 heterocycles. The van der Waals surface area contributed by atoms with E-state index in [1.165, 1.54) is 11.4 Å². The Morgan fingerprint density at radius 3 is 1.91 bits per heavy atom. The predicted octanol–water partition coefficient (Wildman–Crippen LogP) is 2.73. The van der Waals surface area contributed by atoms with E-state index in [1.807, 2.05) is 26.0 Å². The highest BCUT2D eigenvalue weighted by Gasteiger charge is 2.21. The minimum atomic E-state index is -3.71. The minimum Gasteiger partial charge on any atom is -0.484 e. The molecule has 0 fully saturated rings. The van der Waals surface area contributed by atoms with Crippen LogP contribution >= 0.6 is 0 Å². The SMILES string of the molecule is Cc1ccc(S(=O)(=O)N(C)c2ccc(OCC(=O)NNC(=O)COc3cccc(C)c3)cc2)cc1. The lowest BCUT2D eigenvalue weighted by Crippen LogP contribution is -2.45. The Hall–Kier alpha value is -4.05. The zero-order valence-corrected chi connectivity index (χ0v) is 20.5. The summed E-state index contributed by atoms with van der Waals surface area (Å²) < 4.78 is 37.5. The van der Waals surface area contributed by atoms with Crippen LogP contribution in [0, 0.1) is 13.8 Å². The molecule has 10 heteroatoms. The molecular formula is C25H27N3O6S. The van der Waals surface area contributed by atoms with Gasteiger partial charge in [0, 0.05) is 7.05 Å². The first-order chi connectivity index (χ1) is 16.6. The maximum absolute atomic E-state index is 12.8. The molecule has 3 aromatic carbocycles. The molecule has 35 heavy (non-hydrogen) atoms. The number of amides is 2. The summed E-state index contributed by atoms with van der Waals surface area (Å²) >= 11 is 0. The molecule has 0 spiro atoms. The van der Waals surface area contributed by atoms with Gasteiger partial charge in [-0.3, -0.25) is 24.7 Å². The van der Waals surface area contributed by atoms with E-state index >= 15 is 0 Å². The average molecular weight is 498 g/mol. The standard InChI is InChI=1S/C25H27N3O6S/c1-18-7-13-23(14-8-18)35(31,32)28(3)20-9-11-21(12-10-20)33-16-24(29)26-27-25(30)17-34-22-6-4-5-19(2)15-22/h4-15H,16-17H2,1-3H3,(H,26,29)(H,27,30). The molecule has 3 aromatic rings. The number of hydrogen-bond acceptors (Lipinski definition) is 6. The number of hydrazine groups is 1. The van der Waals surface area contributed by atoms with Crippen molar-refractivity contribution in [3.8, 4) is 11.5 Å². The van der Waals surface area contributed by atoms with Gasteiger partial charge in [-0.25, -0.2) is 8.42 Å². The molecule has 0 saturated carbocycles. The fourth-order valence-corrected chi connectivity index (χ4v) is 4.17. The summed E-state index contributed by atoms with van der Waals surface area (Å²) in [5.74, 6) is -0.186. The monoisotopic (exact) mass is 497 g/mol. The van der Waals surface area contributed by atoms with Crippen molar-refractivity contribution in [3.05, 3.63) is 83.9 Å². The van der Waals surface area contributed by atoms with Crippen molar-refractivity contribution >= 4 is 27.5 Å². The normalized spacial score (nSPS) is 10.8. The molecule has 0 aromatic heterocycles. The van der Waals surface area contributed by atoms with Gasteiger partial charge >= 0.3 is 0 Å². The van der Waals surface area contributed by atoms with Crippen molar-refractivity contribution in [2.45, 2.75) is 18.7 Å². The number of anilines is 1. The van der Waals surface area contributed by atoms with E-state index in [0.717, 1.165) is 11.1 Å². The third-order valence-corrected chi connectivity index (χ3v) is 6.75. The molecular weight excluding hydrogens is 470 g/mol. The molecule has 184 valence electrons. The Morgan fingerprint density at radius 1 is 0.771 bits per heavy atom. The largest absolute Gasteiger partial charge is 0.484 e. The van der Waals surface area contributed by atoms with Gasteiger partial charge in [-0.15, -0.1) is 0 Å². The number of ether oxygens (including phenoxy) is 2. The van der Waals surface area contributed by atoms with Crippen LogP contribution in [0.2, 0.25) is 0 Å². The van der Waals surface area contributed by atoms with Crippen LogP contribution in [0.3, 0.4) is 0 Å². The number of carbonyl (C=O) groups excluding carboxylic acids is 2. The maximum Gasteiger partial charge on any atom is 0.276 e. The predicted molar refractivity (Wildman–Crippen MR) is 132 cm³/mol. The van der Waals surface area contributed by atoms with Gasteiger partial charge in [0.2, 0.25) is 0 Å². The van der Waals surface area contributed by atoms with E-state index in [2.05, 4.69) is 10.9 Å². The first-order valence-electron chi connectivity index (χ1n) is 10.7. The van der Waals surface area contributed by atoms with Crippen molar-refractivity contribution in [2.75, 3.05) is 24.6 Å². The number of carbonyl (C=O) groups is 2. The highest BCUT2D eigenvalue weighted by Crippen LogP contribution is 2.24. The van der Waals surface area contributed by atoms with E-state index in [1.54, 1.807) is 60.7 Å². The lowest BCUT2D eigenvalue weighted by Gasteiger charge is -2.20.